The smallest absolute Gasteiger partial charge is 0.262 e. The van der Waals surface area contributed by atoms with Crippen LogP contribution in [0.3, 0.4) is 0 Å². The molecule has 0 bridgehead atoms. The highest BCUT2D eigenvalue weighted by atomic mass is 79.9. The van der Waals surface area contributed by atoms with Crippen molar-refractivity contribution in [1.29, 1.82) is 0 Å². The first kappa shape index (κ1) is 26.4. The fraction of sp³-hybridized carbons (Fsp3) is 0.300. The number of nitrogens with zero attached hydrogens (tertiary/aromatic N) is 1. The van der Waals surface area contributed by atoms with Crippen LogP contribution in [0.5, 0.6) is 5.75 Å². The van der Waals surface area contributed by atoms with Gasteiger partial charge in [0.2, 0.25) is 0 Å². The van der Waals surface area contributed by atoms with Crippen molar-refractivity contribution in [1.82, 2.24) is 4.90 Å². The number of anilines is 1. The van der Waals surface area contributed by atoms with Gasteiger partial charge in [0, 0.05) is 21.8 Å². The number of ether oxygens (including phenoxy) is 1. The third-order valence-corrected chi connectivity index (χ3v) is 9.14. The summed E-state index contributed by atoms with van der Waals surface area (Å²) in [6.07, 6.45) is 6.58. The van der Waals surface area contributed by atoms with E-state index < -0.39 is 0 Å². The van der Waals surface area contributed by atoms with Crippen molar-refractivity contribution >= 4 is 61.3 Å². The Morgan fingerprint density at radius 3 is 2.46 bits per heavy atom. The summed E-state index contributed by atoms with van der Waals surface area (Å²) >= 11 is 8.88. The van der Waals surface area contributed by atoms with Crippen molar-refractivity contribution in [2.45, 2.75) is 50.8 Å². The minimum absolute atomic E-state index is 0.0855. The van der Waals surface area contributed by atoms with E-state index >= 15 is 0 Å². The molecule has 1 heterocycles. The molecule has 3 aromatic carbocycles. The van der Waals surface area contributed by atoms with Crippen LogP contribution in [0.2, 0.25) is 0 Å². The van der Waals surface area contributed by atoms with Crippen molar-refractivity contribution in [2.75, 3.05) is 5.32 Å². The summed E-state index contributed by atoms with van der Waals surface area (Å²) in [6.45, 7) is 2.73. The van der Waals surface area contributed by atoms with Gasteiger partial charge in [0.05, 0.1) is 9.38 Å². The standard InChI is InChI=1S/C30H30Br2N2O2S/c1-20-10-8-9-15-26(20)34-29(35)27(37-30(34)33-24-13-6-3-7-14-24)17-22-16-23(31)18-25(32)28(22)36-19-21-11-4-2-5-12-21/h2-7,11-14,16-18,20,26,30,33H,8-10,15,19H2,1H3/b27-17-/t20-,26+,30?/m1/s1. The molecule has 1 aliphatic heterocycles. The number of hydrogen-bond acceptors (Lipinski definition) is 4. The third kappa shape index (κ3) is 6.27. The Balaban J connectivity index is 1.47. The van der Waals surface area contributed by atoms with Crippen LogP contribution in [0.1, 0.15) is 43.7 Å². The number of nitrogens with one attached hydrogen (secondary N) is 1. The number of halogens is 2. The van der Waals surface area contributed by atoms with Gasteiger partial charge in [-0.25, -0.2) is 0 Å². The molecular formula is C30H30Br2N2O2S. The lowest BCUT2D eigenvalue weighted by Gasteiger charge is -2.39. The number of carbonyl (C=O) groups excluding carboxylic acids is 1. The third-order valence-electron chi connectivity index (χ3n) is 6.97. The van der Waals surface area contributed by atoms with E-state index in [2.05, 4.69) is 61.1 Å². The van der Waals surface area contributed by atoms with Crippen LogP contribution in [-0.2, 0) is 11.4 Å². The number of para-hydroxylation sites is 1. The van der Waals surface area contributed by atoms with E-state index in [1.165, 1.54) is 6.42 Å². The lowest BCUT2D eigenvalue weighted by molar-refractivity contribution is -0.129. The zero-order chi connectivity index (χ0) is 25.8. The highest BCUT2D eigenvalue weighted by Gasteiger charge is 2.43. The molecular weight excluding hydrogens is 612 g/mol. The van der Waals surface area contributed by atoms with Gasteiger partial charge in [-0.15, -0.1) is 0 Å². The first-order valence-corrected chi connectivity index (χ1v) is 15.1. The maximum atomic E-state index is 13.9. The van der Waals surface area contributed by atoms with Crippen LogP contribution in [0.25, 0.3) is 6.08 Å². The number of hydrogen-bond donors (Lipinski definition) is 1. The topological polar surface area (TPSA) is 41.6 Å². The summed E-state index contributed by atoms with van der Waals surface area (Å²) < 4.78 is 8.04. The molecule has 0 spiro atoms. The van der Waals surface area contributed by atoms with E-state index in [4.69, 9.17) is 4.74 Å². The first-order valence-electron chi connectivity index (χ1n) is 12.7. The molecule has 37 heavy (non-hydrogen) atoms. The van der Waals surface area contributed by atoms with Gasteiger partial charge in [0.25, 0.3) is 5.91 Å². The zero-order valence-electron chi connectivity index (χ0n) is 20.7. The van der Waals surface area contributed by atoms with Gasteiger partial charge in [-0.05, 0) is 70.6 Å². The molecule has 4 nitrogen and oxygen atoms in total. The maximum absolute atomic E-state index is 13.9. The predicted molar refractivity (Wildman–Crippen MR) is 160 cm³/mol. The van der Waals surface area contributed by atoms with Crippen molar-refractivity contribution < 1.29 is 9.53 Å². The lowest BCUT2D eigenvalue weighted by atomic mass is 9.85. The minimum atomic E-state index is -0.156. The van der Waals surface area contributed by atoms with Gasteiger partial charge in [0.15, 0.2) is 5.50 Å². The summed E-state index contributed by atoms with van der Waals surface area (Å²) in [5.74, 6) is 1.29. The molecule has 3 atom stereocenters. The zero-order valence-corrected chi connectivity index (χ0v) is 24.7. The monoisotopic (exact) mass is 640 g/mol. The molecule has 1 N–H and O–H groups in total. The molecule has 1 amide bonds. The Labute approximate surface area is 240 Å². The van der Waals surface area contributed by atoms with Crippen molar-refractivity contribution in [3.63, 3.8) is 0 Å². The second-order valence-electron chi connectivity index (χ2n) is 9.61. The van der Waals surface area contributed by atoms with E-state index in [-0.39, 0.29) is 17.4 Å². The van der Waals surface area contributed by atoms with Crippen LogP contribution >= 0.6 is 43.6 Å². The van der Waals surface area contributed by atoms with E-state index in [1.807, 2.05) is 66.7 Å². The Morgan fingerprint density at radius 2 is 1.73 bits per heavy atom. The van der Waals surface area contributed by atoms with E-state index in [0.29, 0.717) is 12.5 Å². The lowest BCUT2D eigenvalue weighted by Crippen LogP contribution is -2.48. The van der Waals surface area contributed by atoms with Crippen LogP contribution in [0.15, 0.2) is 86.6 Å². The predicted octanol–water partition coefficient (Wildman–Crippen LogP) is 8.68. The summed E-state index contributed by atoms with van der Waals surface area (Å²) in [5.41, 5.74) is 2.81. The molecule has 0 radical (unpaired) electrons. The molecule has 1 saturated heterocycles. The number of benzene rings is 3. The van der Waals surface area contributed by atoms with Gasteiger partial charge in [-0.3, -0.25) is 4.79 Å². The highest BCUT2D eigenvalue weighted by Crippen LogP contribution is 2.44. The van der Waals surface area contributed by atoms with Crippen molar-refractivity contribution in [3.8, 4) is 5.75 Å². The molecule has 5 rings (SSSR count). The summed E-state index contributed by atoms with van der Waals surface area (Å²) in [7, 11) is 0. The summed E-state index contributed by atoms with van der Waals surface area (Å²) in [4.78, 5) is 16.8. The average molecular weight is 642 g/mol. The molecule has 1 aliphatic carbocycles. The van der Waals surface area contributed by atoms with Crippen LogP contribution in [0, 0.1) is 5.92 Å². The Morgan fingerprint density at radius 1 is 1.03 bits per heavy atom. The Kier molecular flexibility index (Phi) is 8.63. The van der Waals surface area contributed by atoms with Crippen molar-refractivity contribution in [3.05, 3.63) is 97.8 Å². The molecule has 2 fully saturated rings. The quantitative estimate of drug-likeness (QED) is 0.262. The molecule has 3 aromatic rings. The van der Waals surface area contributed by atoms with E-state index in [9.17, 15) is 4.79 Å². The fourth-order valence-electron chi connectivity index (χ4n) is 5.08. The van der Waals surface area contributed by atoms with Crippen LogP contribution < -0.4 is 10.1 Å². The Bertz CT molecular complexity index is 1270. The molecule has 7 heteroatoms. The number of rotatable bonds is 7. The SMILES string of the molecule is C[C@@H]1CCCC[C@@H]1N1C(=O)/C(=C/c2cc(Br)cc(Br)c2OCc2ccccc2)SC1Nc1ccccc1. The molecule has 1 unspecified atom stereocenters. The maximum Gasteiger partial charge on any atom is 0.262 e. The fourth-order valence-corrected chi connectivity index (χ4v) is 7.65. The molecule has 2 aliphatic rings. The second-order valence-corrected chi connectivity index (χ2v) is 12.5. The minimum Gasteiger partial charge on any atom is -0.487 e. The largest absolute Gasteiger partial charge is 0.487 e. The first-order chi connectivity index (χ1) is 18.0. The van der Waals surface area contributed by atoms with Crippen molar-refractivity contribution in [2.24, 2.45) is 5.92 Å². The molecule has 192 valence electrons. The van der Waals surface area contributed by atoms with Gasteiger partial charge >= 0.3 is 0 Å². The van der Waals surface area contributed by atoms with E-state index in [1.54, 1.807) is 11.8 Å². The van der Waals surface area contributed by atoms with Crippen LogP contribution in [0.4, 0.5) is 5.69 Å². The number of carbonyl (C=O) groups is 1. The van der Waals surface area contributed by atoms with Gasteiger partial charge in [0.1, 0.15) is 12.4 Å². The van der Waals surface area contributed by atoms with Gasteiger partial charge < -0.3 is 15.0 Å². The van der Waals surface area contributed by atoms with E-state index in [0.717, 1.165) is 55.7 Å². The summed E-state index contributed by atoms with van der Waals surface area (Å²) in [5, 5.41) is 3.62. The summed E-state index contributed by atoms with van der Waals surface area (Å²) in [6, 6.07) is 24.5. The van der Waals surface area contributed by atoms with Gasteiger partial charge in [-0.2, -0.15) is 0 Å². The number of thioether (sulfide) groups is 1. The number of amides is 1. The average Bonchev–Trinajstić information content (AvgIpc) is 3.19. The normalized spacial score (nSPS) is 22.9. The highest BCUT2D eigenvalue weighted by molar-refractivity contribution is 9.11. The second kappa shape index (κ2) is 12.1. The molecule has 0 aromatic heterocycles. The van der Waals surface area contributed by atoms with Gasteiger partial charge in [-0.1, -0.05) is 96.0 Å². The Hall–Kier alpha value is -2.22. The van der Waals surface area contributed by atoms with Crippen LogP contribution in [-0.4, -0.2) is 22.3 Å². The molecule has 1 saturated carbocycles.